The Morgan fingerprint density at radius 3 is 2.84 bits per heavy atom. The van der Waals surface area contributed by atoms with Crippen LogP contribution in [0.4, 0.5) is 11.7 Å². The van der Waals surface area contributed by atoms with Gasteiger partial charge in [-0.2, -0.15) is 4.98 Å². The van der Waals surface area contributed by atoms with E-state index in [1.54, 1.807) is 6.92 Å². The third kappa shape index (κ3) is 2.71. The van der Waals surface area contributed by atoms with Gasteiger partial charge in [-0.15, -0.1) is 0 Å². The van der Waals surface area contributed by atoms with Gasteiger partial charge in [0.25, 0.3) is 11.6 Å². The van der Waals surface area contributed by atoms with Crippen molar-refractivity contribution in [2.75, 3.05) is 5.32 Å². The van der Waals surface area contributed by atoms with Crippen molar-refractivity contribution in [2.24, 2.45) is 0 Å². The topological polar surface area (TPSA) is 98.3 Å². The van der Waals surface area contributed by atoms with Crippen LogP contribution in [0.5, 0.6) is 0 Å². The fraction of sp³-hybridized carbons (Fsp3) is 0.0909. The van der Waals surface area contributed by atoms with Crippen LogP contribution in [0.1, 0.15) is 16.1 Å². The molecule has 2 aromatic rings. The van der Waals surface area contributed by atoms with Gasteiger partial charge in [-0.1, -0.05) is 17.7 Å². The number of hydrogen-bond donors (Lipinski definition) is 1. The van der Waals surface area contributed by atoms with E-state index in [4.69, 9.17) is 16.0 Å². The molecule has 1 heterocycles. The SMILES string of the molecule is Cc1coc(NC(=O)c2cccc([N+](=O)[O-])c2Cl)n1. The average molecular weight is 282 g/mol. The Labute approximate surface area is 112 Å². The summed E-state index contributed by atoms with van der Waals surface area (Å²) in [7, 11) is 0. The second kappa shape index (κ2) is 5.07. The van der Waals surface area contributed by atoms with Crippen molar-refractivity contribution < 1.29 is 14.1 Å². The molecule has 98 valence electrons. The molecule has 0 aliphatic rings. The van der Waals surface area contributed by atoms with Crippen molar-refractivity contribution >= 4 is 29.2 Å². The summed E-state index contributed by atoms with van der Waals surface area (Å²) in [6, 6.07) is 3.97. The maximum Gasteiger partial charge on any atom is 0.301 e. The van der Waals surface area contributed by atoms with Gasteiger partial charge >= 0.3 is 6.01 Å². The molecule has 1 aromatic heterocycles. The molecular formula is C11H8ClN3O4. The fourth-order valence-electron chi connectivity index (χ4n) is 1.41. The zero-order chi connectivity index (χ0) is 14.0. The number of benzene rings is 1. The monoisotopic (exact) mass is 281 g/mol. The molecule has 0 saturated carbocycles. The molecule has 0 bridgehead atoms. The number of carbonyl (C=O) groups excluding carboxylic acids is 1. The highest BCUT2D eigenvalue weighted by molar-refractivity contribution is 6.36. The largest absolute Gasteiger partial charge is 0.432 e. The van der Waals surface area contributed by atoms with E-state index < -0.39 is 10.8 Å². The minimum absolute atomic E-state index is 0.00470. The van der Waals surface area contributed by atoms with Crippen LogP contribution in [0.3, 0.4) is 0 Å². The Balaban J connectivity index is 2.29. The van der Waals surface area contributed by atoms with E-state index >= 15 is 0 Å². The summed E-state index contributed by atoms with van der Waals surface area (Å²) in [6.45, 7) is 1.69. The van der Waals surface area contributed by atoms with Crippen LogP contribution in [0, 0.1) is 17.0 Å². The first kappa shape index (κ1) is 13.0. The average Bonchev–Trinajstić information content (AvgIpc) is 2.74. The number of nitrogens with one attached hydrogen (secondary N) is 1. The summed E-state index contributed by atoms with van der Waals surface area (Å²) >= 11 is 5.82. The molecule has 1 aromatic carbocycles. The van der Waals surface area contributed by atoms with Gasteiger partial charge in [-0.05, 0) is 13.0 Å². The van der Waals surface area contributed by atoms with Crippen molar-refractivity contribution in [3.8, 4) is 0 Å². The number of nitro benzene ring substituents is 1. The van der Waals surface area contributed by atoms with Crippen molar-refractivity contribution in [1.82, 2.24) is 4.98 Å². The minimum Gasteiger partial charge on any atom is -0.432 e. The number of amides is 1. The summed E-state index contributed by atoms with van der Waals surface area (Å²) in [5.74, 6) is -0.629. The summed E-state index contributed by atoms with van der Waals surface area (Å²) in [6.07, 6.45) is 1.37. The number of hydrogen-bond acceptors (Lipinski definition) is 5. The molecule has 7 nitrogen and oxygen atoms in total. The lowest BCUT2D eigenvalue weighted by atomic mass is 10.2. The smallest absolute Gasteiger partial charge is 0.301 e. The third-order valence-corrected chi connectivity index (χ3v) is 2.66. The molecule has 8 heteroatoms. The molecule has 0 atom stereocenters. The molecule has 0 aliphatic carbocycles. The van der Waals surface area contributed by atoms with E-state index in [1.165, 1.54) is 24.5 Å². The Morgan fingerprint density at radius 1 is 1.53 bits per heavy atom. The molecule has 0 saturated heterocycles. The number of nitro groups is 1. The van der Waals surface area contributed by atoms with Crippen LogP contribution < -0.4 is 5.32 Å². The van der Waals surface area contributed by atoms with E-state index in [-0.39, 0.29) is 22.3 Å². The van der Waals surface area contributed by atoms with E-state index in [2.05, 4.69) is 10.3 Å². The normalized spacial score (nSPS) is 10.2. The van der Waals surface area contributed by atoms with Gasteiger partial charge in [-0.25, -0.2) is 0 Å². The minimum atomic E-state index is -0.658. The van der Waals surface area contributed by atoms with E-state index in [9.17, 15) is 14.9 Å². The van der Waals surface area contributed by atoms with Gasteiger partial charge < -0.3 is 4.42 Å². The van der Waals surface area contributed by atoms with Gasteiger partial charge in [-0.3, -0.25) is 20.2 Å². The van der Waals surface area contributed by atoms with Gasteiger partial charge in [0.15, 0.2) is 0 Å². The standard InChI is InChI=1S/C11H8ClN3O4/c1-6-5-19-11(13-6)14-10(16)7-3-2-4-8(9(7)12)15(17)18/h2-5H,1H3,(H,13,14,16). The summed E-state index contributed by atoms with van der Waals surface area (Å²) < 4.78 is 4.95. The lowest BCUT2D eigenvalue weighted by molar-refractivity contribution is -0.384. The zero-order valence-electron chi connectivity index (χ0n) is 9.71. The first-order valence-corrected chi connectivity index (χ1v) is 5.53. The third-order valence-electron chi connectivity index (χ3n) is 2.26. The molecular weight excluding hydrogens is 274 g/mol. The molecule has 1 amide bonds. The number of halogens is 1. The number of carbonyl (C=O) groups is 1. The zero-order valence-corrected chi connectivity index (χ0v) is 10.5. The van der Waals surface area contributed by atoms with E-state index in [0.29, 0.717) is 5.69 Å². The van der Waals surface area contributed by atoms with E-state index in [0.717, 1.165) is 0 Å². The molecule has 0 spiro atoms. The highest BCUT2D eigenvalue weighted by Crippen LogP contribution is 2.28. The Bertz CT molecular complexity index is 653. The number of oxazole rings is 1. The number of nitrogens with zero attached hydrogens (tertiary/aromatic N) is 2. The molecule has 2 rings (SSSR count). The molecule has 0 radical (unpaired) electrons. The van der Waals surface area contributed by atoms with Crippen LogP contribution in [-0.2, 0) is 0 Å². The predicted octanol–water partition coefficient (Wildman–Crippen LogP) is 2.80. The van der Waals surface area contributed by atoms with Gasteiger partial charge in [0.1, 0.15) is 11.3 Å². The maximum atomic E-state index is 11.9. The lowest BCUT2D eigenvalue weighted by Crippen LogP contribution is -2.13. The van der Waals surface area contributed by atoms with Gasteiger partial charge in [0, 0.05) is 6.07 Å². The van der Waals surface area contributed by atoms with E-state index in [1.807, 2.05) is 0 Å². The highest BCUT2D eigenvalue weighted by atomic mass is 35.5. The predicted molar refractivity (Wildman–Crippen MR) is 67.3 cm³/mol. The number of anilines is 1. The second-order valence-corrected chi connectivity index (χ2v) is 4.02. The molecule has 1 N–H and O–H groups in total. The van der Waals surface area contributed by atoms with Crippen LogP contribution in [0.2, 0.25) is 5.02 Å². The number of rotatable bonds is 3. The fourth-order valence-corrected chi connectivity index (χ4v) is 1.69. The van der Waals surface area contributed by atoms with Crippen molar-refractivity contribution in [2.45, 2.75) is 6.92 Å². The van der Waals surface area contributed by atoms with Crippen molar-refractivity contribution in [3.63, 3.8) is 0 Å². The van der Waals surface area contributed by atoms with Crippen LogP contribution in [0.25, 0.3) is 0 Å². The van der Waals surface area contributed by atoms with Crippen LogP contribution in [0.15, 0.2) is 28.9 Å². The summed E-state index contributed by atoms with van der Waals surface area (Å²) in [4.78, 5) is 25.8. The van der Waals surface area contributed by atoms with Gasteiger partial charge in [0.05, 0.1) is 16.2 Å². The van der Waals surface area contributed by atoms with Crippen molar-refractivity contribution in [1.29, 1.82) is 0 Å². The lowest BCUT2D eigenvalue weighted by Gasteiger charge is -2.03. The molecule has 0 fully saturated rings. The van der Waals surface area contributed by atoms with Crippen LogP contribution in [-0.4, -0.2) is 15.8 Å². The first-order chi connectivity index (χ1) is 8.99. The Kier molecular flexibility index (Phi) is 3.48. The highest BCUT2D eigenvalue weighted by Gasteiger charge is 2.20. The molecule has 0 aliphatic heterocycles. The van der Waals surface area contributed by atoms with Crippen LogP contribution >= 0.6 is 11.6 Å². The summed E-state index contributed by atoms with van der Waals surface area (Å²) in [5, 5.41) is 12.9. The van der Waals surface area contributed by atoms with Gasteiger partial charge in [0.2, 0.25) is 0 Å². The molecule has 0 unspecified atom stereocenters. The maximum absolute atomic E-state index is 11.9. The quantitative estimate of drug-likeness (QED) is 0.689. The Morgan fingerprint density at radius 2 is 2.26 bits per heavy atom. The second-order valence-electron chi connectivity index (χ2n) is 3.64. The molecule has 19 heavy (non-hydrogen) atoms. The van der Waals surface area contributed by atoms with Crippen molar-refractivity contribution in [3.05, 3.63) is 50.9 Å². The number of aromatic nitrogens is 1. The first-order valence-electron chi connectivity index (χ1n) is 5.15. The Hall–Kier alpha value is -2.41. The number of aryl methyl sites for hydroxylation is 1. The summed E-state index contributed by atoms with van der Waals surface area (Å²) in [5.41, 5.74) is 0.241.